The molecule has 0 aromatic carbocycles. The molecule has 1 saturated heterocycles. The van der Waals surface area contributed by atoms with Crippen LogP contribution >= 0.6 is 0 Å². The molecule has 2 amide bonds. The van der Waals surface area contributed by atoms with Crippen LogP contribution in [-0.4, -0.2) is 72.3 Å². The second-order valence-electron chi connectivity index (χ2n) is 8.86. The number of carbonyl (C=O) groups is 2. The smallest absolute Gasteiger partial charge is 0.257 e. The van der Waals surface area contributed by atoms with E-state index in [4.69, 9.17) is 5.73 Å². The van der Waals surface area contributed by atoms with E-state index in [2.05, 4.69) is 19.9 Å². The molecule has 2 aromatic rings. The lowest BCUT2D eigenvalue weighted by molar-refractivity contribution is -0.119. The zero-order chi connectivity index (χ0) is 22.2. The minimum Gasteiger partial charge on any atom is -0.369 e. The molecule has 32 heavy (non-hydrogen) atoms. The van der Waals surface area contributed by atoms with Gasteiger partial charge in [-0.2, -0.15) is 4.99 Å². The van der Waals surface area contributed by atoms with Gasteiger partial charge in [0.2, 0.25) is 5.95 Å². The van der Waals surface area contributed by atoms with E-state index >= 15 is 0 Å². The molecule has 1 aliphatic heterocycles. The molecule has 0 unspecified atom stereocenters. The molecule has 0 radical (unpaired) electrons. The van der Waals surface area contributed by atoms with Gasteiger partial charge in [0.25, 0.3) is 11.8 Å². The van der Waals surface area contributed by atoms with Crippen LogP contribution in [0.25, 0.3) is 5.95 Å². The molecule has 0 atom stereocenters. The van der Waals surface area contributed by atoms with Crippen molar-refractivity contribution in [3.05, 3.63) is 36.2 Å². The fraction of sp³-hybridized carbons (Fsp3) is 0.545. The van der Waals surface area contributed by atoms with Crippen LogP contribution in [0.1, 0.15) is 54.7 Å². The van der Waals surface area contributed by atoms with Crippen molar-refractivity contribution < 1.29 is 9.59 Å². The van der Waals surface area contributed by atoms with Gasteiger partial charge in [0.15, 0.2) is 5.96 Å². The van der Waals surface area contributed by atoms with Crippen LogP contribution in [0, 0.1) is 12.8 Å². The highest BCUT2D eigenvalue weighted by atomic mass is 16.2. The fourth-order valence-corrected chi connectivity index (χ4v) is 4.26. The summed E-state index contributed by atoms with van der Waals surface area (Å²) in [5.41, 5.74) is 6.57. The topological polar surface area (TPSA) is 123 Å². The summed E-state index contributed by atoms with van der Waals surface area (Å²) in [6.07, 6.45) is 12.2. The van der Waals surface area contributed by atoms with E-state index in [0.717, 1.165) is 44.3 Å². The Morgan fingerprint density at radius 3 is 2.25 bits per heavy atom. The van der Waals surface area contributed by atoms with Crippen molar-refractivity contribution in [1.29, 1.82) is 0 Å². The number of aromatic nitrogens is 4. The van der Waals surface area contributed by atoms with E-state index in [-0.39, 0.29) is 29.8 Å². The van der Waals surface area contributed by atoms with Gasteiger partial charge in [-0.25, -0.2) is 15.0 Å². The molecule has 10 nitrogen and oxygen atoms in total. The summed E-state index contributed by atoms with van der Waals surface area (Å²) in [5.74, 6) is 1.54. The van der Waals surface area contributed by atoms with E-state index < -0.39 is 0 Å². The summed E-state index contributed by atoms with van der Waals surface area (Å²) < 4.78 is 1.78. The van der Waals surface area contributed by atoms with Crippen molar-refractivity contribution in [2.24, 2.45) is 16.6 Å². The van der Waals surface area contributed by atoms with Crippen molar-refractivity contribution in [2.45, 2.75) is 57.5 Å². The van der Waals surface area contributed by atoms with Gasteiger partial charge in [-0.15, -0.1) is 0 Å². The number of carbonyl (C=O) groups excluding carboxylic acids is 2. The van der Waals surface area contributed by atoms with Crippen molar-refractivity contribution in [3.63, 3.8) is 0 Å². The number of rotatable bonds is 5. The predicted octanol–water partition coefficient (Wildman–Crippen LogP) is 1.29. The summed E-state index contributed by atoms with van der Waals surface area (Å²) in [6, 6.07) is 0.408. The van der Waals surface area contributed by atoms with Crippen LogP contribution in [0.3, 0.4) is 0 Å². The monoisotopic (exact) mass is 436 g/mol. The Kier molecular flexibility index (Phi) is 5.36. The van der Waals surface area contributed by atoms with Gasteiger partial charge in [-0.05, 0) is 45.4 Å². The van der Waals surface area contributed by atoms with Crippen LogP contribution in [0.15, 0.2) is 29.8 Å². The number of likely N-dealkylation sites (tertiary alicyclic amines) is 1. The summed E-state index contributed by atoms with van der Waals surface area (Å²) in [4.78, 5) is 46.3. The number of amides is 2. The molecule has 2 aromatic heterocycles. The number of aliphatic imine (C=N–C) groups is 1. The quantitative estimate of drug-likeness (QED) is 0.553. The predicted molar refractivity (Wildman–Crippen MR) is 117 cm³/mol. The minimum absolute atomic E-state index is 0.0228. The zero-order valence-electron chi connectivity index (χ0n) is 18.2. The normalized spacial score (nSPS) is 19.8. The SMILES string of the molecule is Cc1nccn1-c1ncc(C(=O)N(C2CC2)C2CCN(C(N)=NC(=O)C3CC3)CC2)cn1. The molecule has 2 aliphatic carbocycles. The molecule has 2 N–H and O–H groups in total. The molecule has 3 aliphatic rings. The highest BCUT2D eigenvalue weighted by Gasteiger charge is 2.39. The maximum Gasteiger partial charge on any atom is 0.257 e. The van der Waals surface area contributed by atoms with Crippen LogP contribution in [0.5, 0.6) is 0 Å². The maximum atomic E-state index is 13.4. The van der Waals surface area contributed by atoms with Gasteiger partial charge in [-0.3, -0.25) is 14.2 Å². The zero-order valence-corrected chi connectivity index (χ0v) is 18.2. The van der Waals surface area contributed by atoms with Crippen molar-refractivity contribution in [1.82, 2.24) is 29.3 Å². The second-order valence-corrected chi connectivity index (χ2v) is 8.86. The lowest BCUT2D eigenvalue weighted by Gasteiger charge is -2.39. The Morgan fingerprint density at radius 1 is 1.03 bits per heavy atom. The van der Waals surface area contributed by atoms with Gasteiger partial charge in [0.1, 0.15) is 5.82 Å². The first-order valence-electron chi connectivity index (χ1n) is 11.3. The summed E-state index contributed by atoms with van der Waals surface area (Å²) >= 11 is 0. The second kappa shape index (κ2) is 8.33. The molecular formula is C22H28N8O2. The molecule has 0 spiro atoms. The number of hydrogen-bond acceptors (Lipinski definition) is 5. The highest BCUT2D eigenvalue weighted by Crippen LogP contribution is 2.33. The Labute approximate surface area is 186 Å². The van der Waals surface area contributed by atoms with E-state index in [9.17, 15) is 9.59 Å². The number of nitrogens with zero attached hydrogens (tertiary/aromatic N) is 7. The lowest BCUT2D eigenvalue weighted by atomic mass is 10.0. The first-order valence-corrected chi connectivity index (χ1v) is 11.3. The summed E-state index contributed by atoms with van der Waals surface area (Å²) in [5, 5.41) is 0. The number of imidazole rings is 1. The van der Waals surface area contributed by atoms with Gasteiger partial charge >= 0.3 is 0 Å². The van der Waals surface area contributed by atoms with Crippen LogP contribution in [-0.2, 0) is 4.79 Å². The van der Waals surface area contributed by atoms with Crippen molar-refractivity contribution in [3.8, 4) is 5.95 Å². The van der Waals surface area contributed by atoms with Crippen molar-refractivity contribution >= 4 is 17.8 Å². The largest absolute Gasteiger partial charge is 0.369 e. The molecule has 0 bridgehead atoms. The fourth-order valence-electron chi connectivity index (χ4n) is 4.26. The first-order chi connectivity index (χ1) is 15.5. The third kappa shape index (κ3) is 4.21. The molecule has 3 fully saturated rings. The molecule has 3 heterocycles. The first kappa shape index (κ1) is 20.6. The number of piperidine rings is 1. The number of aryl methyl sites for hydroxylation is 1. The standard InChI is InChI=1S/C22H28N8O2/c1-14-24-8-11-29(14)22-25-12-16(13-26-22)20(32)30(17-4-5-17)18-6-9-28(10-7-18)21(23)27-19(31)15-2-3-15/h8,11-13,15,17-18H,2-7,9-10H2,1H3,(H2,23,27,31). The summed E-state index contributed by atoms with van der Waals surface area (Å²) in [7, 11) is 0. The minimum atomic E-state index is -0.103. The van der Waals surface area contributed by atoms with E-state index in [0.29, 0.717) is 30.6 Å². The van der Waals surface area contributed by atoms with Gasteiger partial charge in [0, 0.05) is 55.9 Å². The van der Waals surface area contributed by atoms with E-state index in [1.54, 1.807) is 29.4 Å². The Bertz CT molecular complexity index is 1030. The maximum absolute atomic E-state index is 13.4. The van der Waals surface area contributed by atoms with Crippen molar-refractivity contribution in [2.75, 3.05) is 13.1 Å². The molecular weight excluding hydrogens is 408 g/mol. The number of nitrogens with two attached hydrogens (primary N) is 1. The van der Waals surface area contributed by atoms with Gasteiger partial charge < -0.3 is 15.5 Å². The van der Waals surface area contributed by atoms with Gasteiger partial charge in [-0.1, -0.05) is 0 Å². The van der Waals surface area contributed by atoms with Crippen LogP contribution in [0.2, 0.25) is 0 Å². The molecule has 10 heteroatoms. The summed E-state index contributed by atoms with van der Waals surface area (Å²) in [6.45, 7) is 3.25. The van der Waals surface area contributed by atoms with Gasteiger partial charge in [0.05, 0.1) is 5.56 Å². The Hall–Kier alpha value is -3.30. The Morgan fingerprint density at radius 2 is 1.69 bits per heavy atom. The average Bonchev–Trinajstić information content (AvgIpc) is 3.73. The molecule has 168 valence electrons. The number of hydrogen-bond donors (Lipinski definition) is 1. The van der Waals surface area contributed by atoms with Crippen LogP contribution < -0.4 is 5.73 Å². The van der Waals surface area contributed by atoms with Crippen LogP contribution in [0.4, 0.5) is 0 Å². The lowest BCUT2D eigenvalue weighted by Crippen LogP contribution is -2.51. The average molecular weight is 437 g/mol. The van der Waals surface area contributed by atoms with E-state index in [1.807, 2.05) is 16.7 Å². The Balaban J connectivity index is 1.25. The third-order valence-electron chi connectivity index (χ3n) is 6.43. The number of guanidine groups is 1. The van der Waals surface area contributed by atoms with E-state index in [1.165, 1.54) is 0 Å². The third-order valence-corrected chi connectivity index (χ3v) is 6.43. The highest BCUT2D eigenvalue weighted by molar-refractivity contribution is 5.95. The molecule has 2 saturated carbocycles. The molecule has 5 rings (SSSR count).